The third-order valence-corrected chi connectivity index (χ3v) is 2.85. The number of rotatable bonds is 5. The molecule has 0 aliphatic rings. The minimum atomic E-state index is -0.323. The summed E-state index contributed by atoms with van der Waals surface area (Å²) in [7, 11) is 4.70. The SMILES string of the molecule is COC(=O)CN(c1ccnc(C(=O)N(C)C)c1)C(C)C. The molecule has 0 atom stereocenters. The fourth-order valence-corrected chi connectivity index (χ4v) is 1.72. The van der Waals surface area contributed by atoms with Crippen molar-refractivity contribution in [3.8, 4) is 0 Å². The highest BCUT2D eigenvalue weighted by molar-refractivity contribution is 5.93. The van der Waals surface area contributed by atoms with Gasteiger partial charge in [-0.1, -0.05) is 0 Å². The zero-order valence-corrected chi connectivity index (χ0v) is 12.6. The largest absolute Gasteiger partial charge is 0.468 e. The van der Waals surface area contributed by atoms with Crippen molar-refractivity contribution < 1.29 is 14.3 Å². The minimum absolute atomic E-state index is 0.0961. The van der Waals surface area contributed by atoms with Crippen molar-refractivity contribution in [2.75, 3.05) is 32.6 Å². The fraction of sp³-hybridized carbons (Fsp3) is 0.500. The Balaban J connectivity index is 3.06. The fourth-order valence-electron chi connectivity index (χ4n) is 1.72. The van der Waals surface area contributed by atoms with Crippen molar-refractivity contribution >= 4 is 17.6 Å². The lowest BCUT2D eigenvalue weighted by Gasteiger charge is -2.28. The summed E-state index contributed by atoms with van der Waals surface area (Å²) in [5, 5.41) is 0. The number of ether oxygens (including phenoxy) is 1. The van der Waals surface area contributed by atoms with Crippen LogP contribution in [0.4, 0.5) is 5.69 Å². The van der Waals surface area contributed by atoms with Crippen LogP contribution < -0.4 is 4.90 Å². The molecule has 1 aromatic rings. The van der Waals surface area contributed by atoms with Crippen LogP contribution in [0.5, 0.6) is 0 Å². The van der Waals surface area contributed by atoms with Crippen LogP contribution in [0.15, 0.2) is 18.3 Å². The smallest absolute Gasteiger partial charge is 0.325 e. The molecule has 0 saturated heterocycles. The Morgan fingerprint density at radius 3 is 2.50 bits per heavy atom. The van der Waals surface area contributed by atoms with Crippen LogP contribution in [-0.2, 0) is 9.53 Å². The second-order valence-electron chi connectivity index (χ2n) is 4.90. The van der Waals surface area contributed by atoms with Crippen molar-refractivity contribution in [2.24, 2.45) is 0 Å². The van der Waals surface area contributed by atoms with E-state index in [9.17, 15) is 9.59 Å². The van der Waals surface area contributed by atoms with Gasteiger partial charge in [-0.3, -0.25) is 14.6 Å². The number of hydrogen-bond acceptors (Lipinski definition) is 5. The summed E-state index contributed by atoms with van der Waals surface area (Å²) in [6.45, 7) is 4.07. The molecule has 0 aliphatic carbocycles. The molecule has 0 N–H and O–H groups in total. The average molecular weight is 279 g/mol. The van der Waals surface area contributed by atoms with Crippen LogP contribution in [0.25, 0.3) is 0 Å². The monoisotopic (exact) mass is 279 g/mol. The van der Waals surface area contributed by atoms with E-state index in [0.29, 0.717) is 5.69 Å². The highest BCUT2D eigenvalue weighted by atomic mass is 16.5. The van der Waals surface area contributed by atoms with Gasteiger partial charge in [0.05, 0.1) is 7.11 Å². The molecular weight excluding hydrogens is 258 g/mol. The summed E-state index contributed by atoms with van der Waals surface area (Å²) in [6, 6.07) is 3.56. The van der Waals surface area contributed by atoms with Crippen molar-refractivity contribution in [1.82, 2.24) is 9.88 Å². The molecule has 0 bridgehead atoms. The van der Waals surface area contributed by atoms with Gasteiger partial charge in [0.1, 0.15) is 12.2 Å². The van der Waals surface area contributed by atoms with E-state index in [1.54, 1.807) is 32.4 Å². The van der Waals surface area contributed by atoms with Crippen molar-refractivity contribution in [2.45, 2.75) is 19.9 Å². The van der Waals surface area contributed by atoms with Crippen LogP contribution in [0.2, 0.25) is 0 Å². The molecule has 0 fully saturated rings. The molecule has 6 nitrogen and oxygen atoms in total. The lowest BCUT2D eigenvalue weighted by Crippen LogP contribution is -2.36. The third kappa shape index (κ3) is 3.94. The van der Waals surface area contributed by atoms with Gasteiger partial charge in [0.15, 0.2) is 0 Å². The number of esters is 1. The van der Waals surface area contributed by atoms with E-state index in [1.165, 1.54) is 12.0 Å². The summed E-state index contributed by atoms with van der Waals surface area (Å²) < 4.78 is 4.70. The number of carbonyl (C=O) groups is 2. The Morgan fingerprint density at radius 1 is 1.35 bits per heavy atom. The normalized spacial score (nSPS) is 10.3. The standard InChI is InChI=1S/C14H21N3O3/c1-10(2)17(9-13(18)20-5)11-6-7-15-12(8-11)14(19)16(3)4/h6-8,10H,9H2,1-5H3. The molecule has 0 aliphatic heterocycles. The number of methoxy groups -OCH3 is 1. The summed E-state index contributed by atoms with van der Waals surface area (Å²) in [4.78, 5) is 30.8. The first-order chi connectivity index (χ1) is 9.36. The first kappa shape index (κ1) is 15.9. The molecule has 1 rings (SSSR count). The molecule has 0 unspecified atom stereocenters. The van der Waals surface area contributed by atoms with Gasteiger partial charge < -0.3 is 14.5 Å². The zero-order valence-electron chi connectivity index (χ0n) is 12.6. The highest BCUT2D eigenvalue weighted by Gasteiger charge is 2.17. The van der Waals surface area contributed by atoms with E-state index in [1.807, 2.05) is 18.7 Å². The van der Waals surface area contributed by atoms with Gasteiger partial charge >= 0.3 is 5.97 Å². The molecule has 0 radical (unpaired) electrons. The van der Waals surface area contributed by atoms with Gasteiger partial charge in [-0.15, -0.1) is 0 Å². The zero-order chi connectivity index (χ0) is 15.3. The lowest BCUT2D eigenvalue weighted by molar-refractivity contribution is -0.139. The molecule has 0 spiro atoms. The predicted molar refractivity (Wildman–Crippen MR) is 76.8 cm³/mol. The van der Waals surface area contributed by atoms with Gasteiger partial charge in [0.25, 0.3) is 5.91 Å². The Bertz CT molecular complexity index is 486. The van der Waals surface area contributed by atoms with Crippen LogP contribution in [0.3, 0.4) is 0 Å². The number of nitrogens with zero attached hydrogens (tertiary/aromatic N) is 3. The Morgan fingerprint density at radius 2 is 2.00 bits per heavy atom. The Kier molecular flexibility index (Phi) is 5.49. The van der Waals surface area contributed by atoms with Crippen LogP contribution in [0, 0.1) is 0 Å². The maximum Gasteiger partial charge on any atom is 0.325 e. The highest BCUT2D eigenvalue weighted by Crippen LogP contribution is 2.18. The molecule has 0 saturated carbocycles. The molecule has 1 heterocycles. The Hall–Kier alpha value is -2.11. The number of hydrogen-bond donors (Lipinski definition) is 0. The first-order valence-electron chi connectivity index (χ1n) is 6.38. The van der Waals surface area contributed by atoms with Gasteiger partial charge in [0.2, 0.25) is 0 Å². The number of anilines is 1. The van der Waals surface area contributed by atoms with Gasteiger partial charge in [0, 0.05) is 32.0 Å². The molecule has 1 amide bonds. The quantitative estimate of drug-likeness (QED) is 0.757. The summed E-state index contributed by atoms with van der Waals surface area (Å²) in [5.41, 5.74) is 1.12. The summed E-state index contributed by atoms with van der Waals surface area (Å²) >= 11 is 0. The van der Waals surface area contributed by atoms with E-state index >= 15 is 0 Å². The lowest BCUT2D eigenvalue weighted by atomic mass is 10.2. The van der Waals surface area contributed by atoms with Crippen molar-refractivity contribution in [1.29, 1.82) is 0 Å². The molecule has 110 valence electrons. The average Bonchev–Trinajstić information content (AvgIpc) is 2.43. The van der Waals surface area contributed by atoms with E-state index in [4.69, 9.17) is 4.74 Å². The summed E-state index contributed by atoms with van der Waals surface area (Å²) in [6.07, 6.45) is 1.57. The Labute approximate surface area is 119 Å². The van der Waals surface area contributed by atoms with Gasteiger partial charge in [-0.2, -0.15) is 0 Å². The first-order valence-corrected chi connectivity index (χ1v) is 6.38. The second kappa shape index (κ2) is 6.88. The molecular formula is C14H21N3O3. The van der Waals surface area contributed by atoms with Gasteiger partial charge in [-0.25, -0.2) is 0 Å². The molecule has 1 aromatic heterocycles. The molecule has 0 aromatic carbocycles. The van der Waals surface area contributed by atoms with E-state index in [2.05, 4.69) is 4.98 Å². The predicted octanol–water partition coefficient (Wildman–Crippen LogP) is 1.17. The second-order valence-corrected chi connectivity index (χ2v) is 4.90. The maximum atomic E-state index is 11.9. The maximum absolute atomic E-state index is 11.9. The van der Waals surface area contributed by atoms with Crippen molar-refractivity contribution in [3.05, 3.63) is 24.0 Å². The number of pyridine rings is 1. The van der Waals surface area contributed by atoms with Crippen molar-refractivity contribution in [3.63, 3.8) is 0 Å². The molecule has 20 heavy (non-hydrogen) atoms. The number of aromatic nitrogens is 1. The van der Waals surface area contributed by atoms with E-state index in [0.717, 1.165) is 5.69 Å². The minimum Gasteiger partial charge on any atom is -0.468 e. The van der Waals surface area contributed by atoms with Crippen LogP contribution >= 0.6 is 0 Å². The third-order valence-electron chi connectivity index (χ3n) is 2.85. The summed E-state index contributed by atoms with van der Waals surface area (Å²) in [5.74, 6) is -0.496. The number of carbonyl (C=O) groups excluding carboxylic acids is 2. The van der Waals surface area contributed by atoms with E-state index < -0.39 is 0 Å². The molecule has 6 heteroatoms. The number of amides is 1. The van der Waals surface area contributed by atoms with Crippen LogP contribution in [-0.4, -0.2) is 55.6 Å². The topological polar surface area (TPSA) is 62.7 Å². The van der Waals surface area contributed by atoms with Gasteiger partial charge in [-0.05, 0) is 26.0 Å². The van der Waals surface area contributed by atoms with E-state index in [-0.39, 0.29) is 24.5 Å². The van der Waals surface area contributed by atoms with Crippen LogP contribution in [0.1, 0.15) is 24.3 Å².